The highest BCUT2D eigenvalue weighted by Gasteiger charge is 2.14. The van der Waals surface area contributed by atoms with Gasteiger partial charge in [0.25, 0.3) is 0 Å². The van der Waals surface area contributed by atoms with Crippen LogP contribution in [0.2, 0.25) is 0 Å². The zero-order chi connectivity index (χ0) is 13.5. The standard InChI is InChI=1S/C12H18N2O4/c1-8(6-11(15)17-2)14-7-10-9(4-5-13-10)12(16)18-3/h4-5,8,13-14H,6-7H2,1-3H3. The first-order chi connectivity index (χ1) is 8.58. The number of H-pyrrole nitrogens is 1. The van der Waals surface area contributed by atoms with E-state index < -0.39 is 0 Å². The lowest BCUT2D eigenvalue weighted by atomic mass is 10.2. The number of esters is 2. The molecular weight excluding hydrogens is 236 g/mol. The van der Waals surface area contributed by atoms with Crippen molar-refractivity contribution in [2.45, 2.75) is 25.9 Å². The molecule has 0 aromatic carbocycles. The molecule has 6 heteroatoms. The van der Waals surface area contributed by atoms with E-state index in [0.717, 1.165) is 5.69 Å². The monoisotopic (exact) mass is 254 g/mol. The lowest BCUT2D eigenvalue weighted by Crippen LogP contribution is -2.29. The third kappa shape index (κ3) is 3.89. The normalized spacial score (nSPS) is 11.9. The van der Waals surface area contributed by atoms with E-state index in [2.05, 4.69) is 19.8 Å². The van der Waals surface area contributed by atoms with E-state index in [9.17, 15) is 9.59 Å². The third-order valence-corrected chi connectivity index (χ3v) is 2.57. The number of carbonyl (C=O) groups is 2. The van der Waals surface area contributed by atoms with E-state index in [1.807, 2.05) is 6.92 Å². The summed E-state index contributed by atoms with van der Waals surface area (Å²) in [6, 6.07) is 1.62. The molecule has 0 amide bonds. The van der Waals surface area contributed by atoms with Crippen LogP contribution in [0.4, 0.5) is 0 Å². The van der Waals surface area contributed by atoms with Crippen molar-refractivity contribution < 1.29 is 19.1 Å². The van der Waals surface area contributed by atoms with E-state index >= 15 is 0 Å². The predicted octanol–water partition coefficient (Wildman–Crippen LogP) is 0.842. The van der Waals surface area contributed by atoms with Gasteiger partial charge in [0.2, 0.25) is 0 Å². The van der Waals surface area contributed by atoms with Crippen molar-refractivity contribution in [2.75, 3.05) is 14.2 Å². The molecule has 1 atom stereocenters. The Morgan fingerprint density at radius 2 is 2.11 bits per heavy atom. The van der Waals surface area contributed by atoms with Crippen LogP contribution in [0.15, 0.2) is 12.3 Å². The van der Waals surface area contributed by atoms with Gasteiger partial charge in [0.05, 0.1) is 26.2 Å². The molecule has 2 N–H and O–H groups in total. The Hall–Kier alpha value is -1.82. The van der Waals surface area contributed by atoms with Crippen LogP contribution in [0.5, 0.6) is 0 Å². The van der Waals surface area contributed by atoms with E-state index in [4.69, 9.17) is 0 Å². The highest BCUT2D eigenvalue weighted by molar-refractivity contribution is 5.90. The van der Waals surface area contributed by atoms with Gasteiger partial charge in [-0.25, -0.2) is 4.79 Å². The van der Waals surface area contributed by atoms with Gasteiger partial charge in [0, 0.05) is 24.5 Å². The molecule has 1 rings (SSSR count). The summed E-state index contributed by atoms with van der Waals surface area (Å²) >= 11 is 0. The molecule has 0 radical (unpaired) electrons. The van der Waals surface area contributed by atoms with Crippen molar-refractivity contribution in [1.29, 1.82) is 0 Å². The minimum absolute atomic E-state index is 0.0359. The van der Waals surface area contributed by atoms with Crippen molar-refractivity contribution in [3.63, 3.8) is 0 Å². The molecule has 1 unspecified atom stereocenters. The fourth-order valence-corrected chi connectivity index (χ4v) is 1.53. The number of carbonyl (C=O) groups excluding carboxylic acids is 2. The van der Waals surface area contributed by atoms with Crippen molar-refractivity contribution in [3.8, 4) is 0 Å². The minimum Gasteiger partial charge on any atom is -0.469 e. The van der Waals surface area contributed by atoms with Crippen molar-refractivity contribution in [1.82, 2.24) is 10.3 Å². The second-order valence-electron chi connectivity index (χ2n) is 3.92. The average molecular weight is 254 g/mol. The van der Waals surface area contributed by atoms with Crippen molar-refractivity contribution in [2.24, 2.45) is 0 Å². The molecular formula is C12H18N2O4. The number of hydrogen-bond donors (Lipinski definition) is 2. The molecule has 0 saturated heterocycles. The maximum atomic E-state index is 11.4. The molecule has 0 aliphatic rings. The molecule has 100 valence electrons. The zero-order valence-electron chi connectivity index (χ0n) is 10.8. The average Bonchev–Trinajstić information content (AvgIpc) is 2.83. The van der Waals surface area contributed by atoms with Gasteiger partial charge in [-0.15, -0.1) is 0 Å². The van der Waals surface area contributed by atoms with Gasteiger partial charge in [-0.3, -0.25) is 4.79 Å². The Balaban J connectivity index is 2.51. The Labute approximate surface area is 106 Å². The van der Waals surface area contributed by atoms with Crippen molar-refractivity contribution in [3.05, 3.63) is 23.5 Å². The highest BCUT2D eigenvalue weighted by atomic mass is 16.5. The van der Waals surface area contributed by atoms with E-state index in [0.29, 0.717) is 12.1 Å². The Kier molecular flexibility index (Phi) is 5.38. The lowest BCUT2D eigenvalue weighted by molar-refractivity contribution is -0.141. The second kappa shape index (κ2) is 6.80. The van der Waals surface area contributed by atoms with E-state index in [1.54, 1.807) is 12.3 Å². The fraction of sp³-hybridized carbons (Fsp3) is 0.500. The van der Waals surface area contributed by atoms with Crippen LogP contribution in [-0.2, 0) is 20.8 Å². The number of aromatic nitrogens is 1. The van der Waals surface area contributed by atoms with Gasteiger partial charge >= 0.3 is 11.9 Å². The lowest BCUT2D eigenvalue weighted by Gasteiger charge is -2.12. The van der Waals surface area contributed by atoms with Crippen LogP contribution < -0.4 is 5.32 Å². The minimum atomic E-state index is -0.381. The molecule has 1 heterocycles. The number of nitrogens with one attached hydrogen (secondary N) is 2. The number of methoxy groups -OCH3 is 2. The molecule has 6 nitrogen and oxygen atoms in total. The number of rotatable bonds is 6. The zero-order valence-corrected chi connectivity index (χ0v) is 10.8. The summed E-state index contributed by atoms with van der Waals surface area (Å²) in [6.07, 6.45) is 1.96. The predicted molar refractivity (Wildman–Crippen MR) is 65.1 cm³/mol. The van der Waals surface area contributed by atoms with Crippen LogP contribution >= 0.6 is 0 Å². The summed E-state index contributed by atoms with van der Waals surface area (Å²) < 4.78 is 9.24. The molecule has 0 bridgehead atoms. The SMILES string of the molecule is COC(=O)CC(C)NCc1[nH]ccc1C(=O)OC. The quantitative estimate of drug-likeness (QED) is 0.735. The summed E-state index contributed by atoms with van der Waals surface area (Å²) in [5, 5.41) is 3.13. The van der Waals surface area contributed by atoms with Gasteiger partial charge < -0.3 is 19.8 Å². The highest BCUT2D eigenvalue weighted by Crippen LogP contribution is 2.08. The molecule has 0 spiro atoms. The summed E-state index contributed by atoms with van der Waals surface area (Å²) in [7, 11) is 2.70. The molecule has 0 saturated carbocycles. The van der Waals surface area contributed by atoms with Gasteiger partial charge in [-0.05, 0) is 13.0 Å². The molecule has 18 heavy (non-hydrogen) atoms. The maximum absolute atomic E-state index is 11.4. The second-order valence-corrected chi connectivity index (χ2v) is 3.92. The van der Waals surface area contributed by atoms with Crippen molar-refractivity contribution >= 4 is 11.9 Å². The van der Waals surface area contributed by atoms with Crippen LogP contribution in [0.1, 0.15) is 29.4 Å². The van der Waals surface area contributed by atoms with Crippen LogP contribution in [-0.4, -0.2) is 37.2 Å². The molecule has 0 aliphatic carbocycles. The number of ether oxygens (including phenoxy) is 2. The largest absolute Gasteiger partial charge is 0.469 e. The van der Waals surface area contributed by atoms with Gasteiger partial charge in [-0.2, -0.15) is 0 Å². The first kappa shape index (κ1) is 14.2. The summed E-state index contributed by atoms with van der Waals surface area (Å²) in [6.45, 7) is 2.33. The topological polar surface area (TPSA) is 80.4 Å². The molecule has 1 aromatic heterocycles. The van der Waals surface area contributed by atoms with Crippen LogP contribution in [0.3, 0.4) is 0 Å². The number of aromatic amines is 1. The Morgan fingerprint density at radius 1 is 1.39 bits per heavy atom. The third-order valence-electron chi connectivity index (χ3n) is 2.57. The van der Waals surface area contributed by atoms with Gasteiger partial charge in [-0.1, -0.05) is 0 Å². The number of hydrogen-bond acceptors (Lipinski definition) is 5. The molecule has 0 aliphatic heterocycles. The first-order valence-corrected chi connectivity index (χ1v) is 5.63. The van der Waals surface area contributed by atoms with Gasteiger partial charge in [0.1, 0.15) is 0 Å². The molecule has 1 aromatic rings. The Morgan fingerprint density at radius 3 is 2.72 bits per heavy atom. The maximum Gasteiger partial charge on any atom is 0.339 e. The smallest absolute Gasteiger partial charge is 0.339 e. The summed E-state index contributed by atoms with van der Waals surface area (Å²) in [4.78, 5) is 25.4. The van der Waals surface area contributed by atoms with E-state index in [1.165, 1.54) is 14.2 Å². The summed E-state index contributed by atoms with van der Waals surface area (Å²) in [5.41, 5.74) is 1.23. The fourth-order valence-electron chi connectivity index (χ4n) is 1.53. The first-order valence-electron chi connectivity index (χ1n) is 5.63. The van der Waals surface area contributed by atoms with Crippen LogP contribution in [0.25, 0.3) is 0 Å². The van der Waals surface area contributed by atoms with Crippen LogP contribution in [0, 0.1) is 0 Å². The summed E-state index contributed by atoms with van der Waals surface area (Å²) in [5.74, 6) is -0.650. The van der Waals surface area contributed by atoms with Gasteiger partial charge in [0.15, 0.2) is 0 Å². The molecule has 0 fully saturated rings. The Bertz CT molecular complexity index is 414. The van der Waals surface area contributed by atoms with E-state index in [-0.39, 0.29) is 24.4 Å².